The highest BCUT2D eigenvalue weighted by Crippen LogP contribution is 2.25. The smallest absolute Gasteiger partial charge is 0.261 e. The van der Waals surface area contributed by atoms with Crippen molar-refractivity contribution in [1.29, 1.82) is 0 Å². The van der Waals surface area contributed by atoms with Crippen molar-refractivity contribution in [2.24, 2.45) is 0 Å². The largest absolute Gasteiger partial charge is 0.311 e. The van der Waals surface area contributed by atoms with Crippen LogP contribution in [0.3, 0.4) is 0 Å². The Kier molecular flexibility index (Phi) is 4.72. The van der Waals surface area contributed by atoms with Crippen molar-refractivity contribution in [3.8, 4) is 5.69 Å². The molecule has 0 saturated carbocycles. The second-order valence-electron chi connectivity index (χ2n) is 5.80. The Morgan fingerprint density at radius 1 is 1.20 bits per heavy atom. The summed E-state index contributed by atoms with van der Waals surface area (Å²) in [6.45, 7) is 3.70. The van der Waals surface area contributed by atoms with Gasteiger partial charge in [0, 0.05) is 17.2 Å². The quantitative estimate of drug-likeness (QED) is 0.639. The van der Waals surface area contributed by atoms with Crippen LogP contribution < -0.4 is 4.90 Å². The first-order valence-electron chi connectivity index (χ1n) is 7.74. The molecule has 3 aromatic rings. The van der Waals surface area contributed by atoms with Gasteiger partial charge in [-0.15, -0.1) is 0 Å². The van der Waals surface area contributed by atoms with Gasteiger partial charge in [-0.25, -0.2) is 9.07 Å². The van der Waals surface area contributed by atoms with E-state index < -0.39 is 0 Å². The van der Waals surface area contributed by atoms with Gasteiger partial charge in [0.15, 0.2) is 0 Å². The molecule has 6 heteroatoms. The molecule has 25 heavy (non-hydrogen) atoms. The van der Waals surface area contributed by atoms with Gasteiger partial charge < -0.3 is 4.90 Å². The molecule has 1 amide bonds. The zero-order valence-electron chi connectivity index (χ0n) is 14.1. The zero-order chi connectivity index (χ0) is 18.1. The first-order chi connectivity index (χ1) is 11.9. The van der Waals surface area contributed by atoms with Crippen LogP contribution in [0, 0.1) is 19.7 Å². The molecule has 2 aromatic carbocycles. The zero-order valence-corrected chi connectivity index (χ0v) is 15.7. The van der Waals surface area contributed by atoms with E-state index in [1.807, 2.05) is 25.1 Å². The number of carbonyl (C=O) groups excluding carboxylic acids is 1. The van der Waals surface area contributed by atoms with Gasteiger partial charge >= 0.3 is 0 Å². The average molecular weight is 402 g/mol. The molecule has 0 bridgehead atoms. The van der Waals surface area contributed by atoms with Crippen molar-refractivity contribution in [1.82, 2.24) is 9.78 Å². The van der Waals surface area contributed by atoms with Crippen molar-refractivity contribution in [3.63, 3.8) is 0 Å². The van der Waals surface area contributed by atoms with Crippen LogP contribution in [0.25, 0.3) is 5.69 Å². The number of nitrogens with zero attached hydrogens (tertiary/aromatic N) is 3. The predicted octanol–water partition coefficient (Wildman–Crippen LogP) is 4.67. The van der Waals surface area contributed by atoms with Gasteiger partial charge in [-0.1, -0.05) is 28.1 Å². The Labute approximate surface area is 154 Å². The molecule has 0 radical (unpaired) electrons. The number of anilines is 1. The normalized spacial score (nSPS) is 10.8. The fourth-order valence-corrected chi connectivity index (χ4v) is 3.25. The summed E-state index contributed by atoms with van der Waals surface area (Å²) in [4.78, 5) is 14.5. The Morgan fingerprint density at radius 2 is 1.92 bits per heavy atom. The third-order valence-electron chi connectivity index (χ3n) is 4.15. The fraction of sp³-hybridized carbons (Fsp3) is 0.158. The first-order valence-corrected chi connectivity index (χ1v) is 8.53. The van der Waals surface area contributed by atoms with Gasteiger partial charge in [0.2, 0.25) is 0 Å². The minimum atomic E-state index is -0.384. The summed E-state index contributed by atoms with van der Waals surface area (Å²) in [5.41, 5.74) is 3.14. The minimum absolute atomic E-state index is 0.189. The highest BCUT2D eigenvalue weighted by atomic mass is 79.9. The number of hydrogen-bond donors (Lipinski definition) is 0. The SMILES string of the molecule is Cc1cc(Br)ccc1N(C)C(=O)c1cnn(-c2ccccc2F)c1C. The summed E-state index contributed by atoms with van der Waals surface area (Å²) in [5.74, 6) is -0.574. The number of halogens is 2. The Bertz CT molecular complexity index is 952. The molecule has 0 aliphatic carbocycles. The maximum atomic E-state index is 14.0. The summed E-state index contributed by atoms with van der Waals surface area (Å²) in [6, 6.07) is 12.1. The van der Waals surface area contributed by atoms with Crippen LogP contribution in [0.15, 0.2) is 53.1 Å². The lowest BCUT2D eigenvalue weighted by Gasteiger charge is -2.19. The third kappa shape index (κ3) is 3.22. The van der Waals surface area contributed by atoms with Crippen molar-refractivity contribution < 1.29 is 9.18 Å². The maximum absolute atomic E-state index is 14.0. The Hall–Kier alpha value is -2.47. The minimum Gasteiger partial charge on any atom is -0.311 e. The van der Waals surface area contributed by atoms with Gasteiger partial charge in [-0.2, -0.15) is 5.10 Å². The van der Waals surface area contributed by atoms with Crippen molar-refractivity contribution in [2.45, 2.75) is 13.8 Å². The monoisotopic (exact) mass is 401 g/mol. The van der Waals surface area contributed by atoms with Crippen LogP contribution in [0.5, 0.6) is 0 Å². The van der Waals surface area contributed by atoms with Crippen molar-refractivity contribution >= 4 is 27.5 Å². The molecule has 0 atom stereocenters. The number of rotatable bonds is 3. The predicted molar refractivity (Wildman–Crippen MR) is 99.9 cm³/mol. The number of benzene rings is 2. The number of amides is 1. The van der Waals surface area contributed by atoms with E-state index in [0.717, 1.165) is 15.7 Å². The van der Waals surface area contributed by atoms with Gasteiger partial charge in [0.25, 0.3) is 5.91 Å². The summed E-state index contributed by atoms with van der Waals surface area (Å²) < 4.78 is 16.4. The van der Waals surface area contributed by atoms with Crippen LogP contribution >= 0.6 is 15.9 Å². The van der Waals surface area contributed by atoms with Crippen molar-refractivity contribution in [2.75, 3.05) is 11.9 Å². The maximum Gasteiger partial charge on any atom is 0.261 e. The Morgan fingerprint density at radius 3 is 2.60 bits per heavy atom. The van der Waals surface area contributed by atoms with Gasteiger partial charge in [-0.05, 0) is 49.7 Å². The van der Waals surface area contributed by atoms with Gasteiger partial charge in [0.1, 0.15) is 11.5 Å². The molecule has 0 spiro atoms. The summed E-state index contributed by atoms with van der Waals surface area (Å²) in [6.07, 6.45) is 1.48. The van der Waals surface area contributed by atoms with E-state index in [1.165, 1.54) is 16.9 Å². The first kappa shape index (κ1) is 17.4. The van der Waals surface area contributed by atoms with E-state index in [-0.39, 0.29) is 11.7 Å². The Balaban J connectivity index is 1.97. The summed E-state index contributed by atoms with van der Waals surface area (Å²) in [5, 5.41) is 4.20. The fourth-order valence-electron chi connectivity index (χ4n) is 2.77. The molecular formula is C19H17BrFN3O. The van der Waals surface area contributed by atoms with Crippen LogP contribution in [-0.2, 0) is 0 Å². The second kappa shape index (κ2) is 6.80. The molecule has 0 saturated heterocycles. The molecule has 3 rings (SSSR count). The topological polar surface area (TPSA) is 38.1 Å². The van der Waals surface area contributed by atoms with E-state index >= 15 is 0 Å². The third-order valence-corrected chi connectivity index (χ3v) is 4.64. The number of para-hydroxylation sites is 1. The van der Waals surface area contributed by atoms with E-state index in [0.29, 0.717) is 16.9 Å². The highest BCUT2D eigenvalue weighted by molar-refractivity contribution is 9.10. The molecule has 0 unspecified atom stereocenters. The molecule has 0 aliphatic rings. The lowest BCUT2D eigenvalue weighted by Crippen LogP contribution is -2.27. The molecule has 4 nitrogen and oxygen atoms in total. The van der Waals surface area contributed by atoms with E-state index in [2.05, 4.69) is 21.0 Å². The summed E-state index contributed by atoms with van der Waals surface area (Å²) in [7, 11) is 1.72. The number of aromatic nitrogens is 2. The number of hydrogen-bond acceptors (Lipinski definition) is 2. The summed E-state index contributed by atoms with van der Waals surface area (Å²) >= 11 is 3.42. The molecular weight excluding hydrogens is 385 g/mol. The van der Waals surface area contributed by atoms with Crippen LogP contribution in [-0.4, -0.2) is 22.7 Å². The molecule has 1 aromatic heterocycles. The van der Waals surface area contributed by atoms with Crippen LogP contribution in [0.4, 0.5) is 10.1 Å². The lowest BCUT2D eigenvalue weighted by molar-refractivity contribution is 0.0992. The van der Waals surface area contributed by atoms with E-state index in [4.69, 9.17) is 0 Å². The molecule has 1 heterocycles. The van der Waals surface area contributed by atoms with E-state index in [1.54, 1.807) is 37.1 Å². The number of aryl methyl sites for hydroxylation is 1. The van der Waals surface area contributed by atoms with Crippen molar-refractivity contribution in [3.05, 3.63) is 75.8 Å². The second-order valence-corrected chi connectivity index (χ2v) is 6.72. The highest BCUT2D eigenvalue weighted by Gasteiger charge is 2.21. The standard InChI is InChI=1S/C19H17BrFN3O/c1-12-10-14(20)8-9-17(12)23(3)19(25)15-11-22-24(13(15)2)18-7-5-4-6-16(18)21/h4-11H,1-3H3. The average Bonchev–Trinajstić information content (AvgIpc) is 2.95. The van der Waals surface area contributed by atoms with Crippen LogP contribution in [0.2, 0.25) is 0 Å². The lowest BCUT2D eigenvalue weighted by atomic mass is 10.1. The molecule has 0 aliphatic heterocycles. The van der Waals surface area contributed by atoms with Crippen LogP contribution in [0.1, 0.15) is 21.6 Å². The van der Waals surface area contributed by atoms with Gasteiger partial charge in [-0.3, -0.25) is 4.79 Å². The molecule has 128 valence electrons. The molecule has 0 N–H and O–H groups in total. The molecule has 0 fully saturated rings. The number of carbonyl (C=O) groups is 1. The van der Waals surface area contributed by atoms with E-state index in [9.17, 15) is 9.18 Å². The van der Waals surface area contributed by atoms with Gasteiger partial charge in [0.05, 0.1) is 17.5 Å².